The van der Waals surface area contributed by atoms with E-state index in [0.717, 1.165) is 81.1 Å². The van der Waals surface area contributed by atoms with Crippen LogP contribution in [0.3, 0.4) is 0 Å². The van der Waals surface area contributed by atoms with Gasteiger partial charge < -0.3 is 9.13 Å². The highest BCUT2D eigenvalue weighted by atomic mass is 32.1. The lowest BCUT2D eigenvalue weighted by Crippen LogP contribution is -2.08. The molecule has 0 saturated carbocycles. The Morgan fingerprint density at radius 1 is 0.391 bits per heavy atom. The van der Waals surface area contributed by atoms with Crippen LogP contribution in [0.1, 0.15) is 5.56 Å². The number of hydrogen-bond donors (Lipinski definition) is 0. The first-order valence-corrected chi connectivity index (χ1v) is 25.3. The molecule has 0 atom stereocenters. The summed E-state index contributed by atoms with van der Waals surface area (Å²) in [7, 11) is 0. The molecule has 0 N–H and O–H groups in total. The Bertz CT molecular complexity index is 4670. The molecule has 0 saturated heterocycles. The first-order chi connectivity index (χ1) is 34.2. The van der Waals surface area contributed by atoms with Gasteiger partial charge in [-0.05, 0) is 41.5 Å². The van der Waals surface area contributed by atoms with Crippen LogP contribution in [0.25, 0.3) is 143 Å². The van der Waals surface area contributed by atoms with Crippen LogP contribution in [0, 0.1) is 17.9 Å². The van der Waals surface area contributed by atoms with Gasteiger partial charge >= 0.3 is 0 Å². The predicted octanol–water partition coefficient (Wildman–Crippen LogP) is 18.7. The van der Waals surface area contributed by atoms with E-state index in [1.807, 2.05) is 47.7 Å². The average molecular weight is 929 g/mol. The molecule has 5 aromatic heterocycles. The molecular weight excluding hydrogens is 897 g/mol. The summed E-state index contributed by atoms with van der Waals surface area (Å²) in [6.07, 6.45) is 0. The number of para-hydroxylation sites is 1. The van der Waals surface area contributed by atoms with Crippen molar-refractivity contribution < 1.29 is 0 Å². The standard InChI is InChI=1S/C62H32N4S3/c1-64-55-52(35-16-4-2-5-17-35)46(34-63)56(65-47-24-12-8-23-45(47)54-48(65)33-32-42-37-20-9-13-25-49(37)67-60(42)54)53(36-18-6-3-7-19-36)59(55)66-57-40(28-30-43-38-21-10-14-26-50(38)68-61(43)57)41-29-31-44-39-22-11-15-27-51(39)69-62(44)58(41)66/h2-33H. The average Bonchev–Trinajstić information content (AvgIpc) is 4.22. The zero-order valence-electron chi connectivity index (χ0n) is 36.5. The van der Waals surface area contributed by atoms with E-state index in [0.29, 0.717) is 16.8 Å². The van der Waals surface area contributed by atoms with Gasteiger partial charge in [-0.3, -0.25) is 0 Å². The van der Waals surface area contributed by atoms with E-state index in [4.69, 9.17) is 0 Å². The minimum Gasteiger partial charge on any atom is -0.316 e. The first kappa shape index (κ1) is 38.5. The Morgan fingerprint density at radius 2 is 0.841 bits per heavy atom. The molecule has 4 nitrogen and oxygen atoms in total. The Kier molecular flexibility index (Phi) is 8.08. The summed E-state index contributed by atoms with van der Waals surface area (Å²) >= 11 is 5.43. The highest BCUT2D eigenvalue weighted by molar-refractivity contribution is 7.27. The number of nitriles is 1. The number of fused-ring (bicyclic) bond motifs is 18. The third-order valence-corrected chi connectivity index (χ3v) is 17.8. The highest BCUT2D eigenvalue weighted by Crippen LogP contribution is 2.55. The van der Waals surface area contributed by atoms with E-state index >= 15 is 0 Å². The molecule has 15 aromatic rings. The van der Waals surface area contributed by atoms with E-state index in [-0.39, 0.29) is 0 Å². The molecule has 0 amide bonds. The summed E-state index contributed by atoms with van der Waals surface area (Å²) in [6.45, 7) is 9.48. The van der Waals surface area contributed by atoms with Crippen molar-refractivity contribution in [3.63, 3.8) is 0 Å². The van der Waals surface area contributed by atoms with Gasteiger partial charge in [-0.1, -0.05) is 164 Å². The van der Waals surface area contributed by atoms with Crippen molar-refractivity contribution in [1.82, 2.24) is 9.13 Å². The molecule has 0 radical (unpaired) electrons. The van der Waals surface area contributed by atoms with Crippen LogP contribution >= 0.6 is 34.0 Å². The quantitative estimate of drug-likeness (QED) is 0.162. The predicted molar refractivity (Wildman–Crippen MR) is 296 cm³/mol. The Labute approximate surface area is 406 Å². The van der Waals surface area contributed by atoms with Crippen molar-refractivity contribution in [3.05, 3.63) is 211 Å². The molecule has 0 aliphatic carbocycles. The highest BCUT2D eigenvalue weighted by Gasteiger charge is 2.33. The normalized spacial score (nSPS) is 12.0. The topological polar surface area (TPSA) is 38.0 Å². The van der Waals surface area contributed by atoms with Crippen LogP contribution in [-0.4, -0.2) is 9.13 Å². The number of nitrogens with zero attached hydrogens (tertiary/aromatic N) is 4. The van der Waals surface area contributed by atoms with Crippen molar-refractivity contribution >= 4 is 144 Å². The molecule has 7 heteroatoms. The van der Waals surface area contributed by atoms with Gasteiger partial charge in [0.15, 0.2) is 0 Å². The molecule has 318 valence electrons. The Balaban J connectivity index is 1.25. The molecule has 69 heavy (non-hydrogen) atoms. The summed E-state index contributed by atoms with van der Waals surface area (Å²) in [4.78, 5) is 4.65. The maximum Gasteiger partial charge on any atom is 0.220 e. The zero-order chi connectivity index (χ0) is 45.5. The number of hydrogen-bond acceptors (Lipinski definition) is 4. The fourth-order valence-corrected chi connectivity index (χ4v) is 15.1. The molecule has 15 rings (SSSR count). The van der Waals surface area contributed by atoms with Crippen LogP contribution in [0.15, 0.2) is 194 Å². The minimum atomic E-state index is 0.433. The lowest BCUT2D eigenvalue weighted by molar-refractivity contribution is 1.14. The number of aromatic nitrogens is 2. The molecule has 0 bridgehead atoms. The van der Waals surface area contributed by atoms with E-state index in [2.05, 4.69) is 178 Å². The molecule has 0 aliphatic rings. The second kappa shape index (κ2) is 14.5. The second-order valence-corrected chi connectivity index (χ2v) is 20.8. The van der Waals surface area contributed by atoms with Gasteiger partial charge in [0.25, 0.3) is 0 Å². The van der Waals surface area contributed by atoms with Crippen LogP contribution in [-0.2, 0) is 0 Å². The lowest BCUT2D eigenvalue weighted by Gasteiger charge is -2.26. The largest absolute Gasteiger partial charge is 0.316 e. The van der Waals surface area contributed by atoms with Crippen molar-refractivity contribution in [2.45, 2.75) is 0 Å². The van der Waals surface area contributed by atoms with Crippen molar-refractivity contribution in [3.8, 4) is 39.7 Å². The fraction of sp³-hybridized carbons (Fsp3) is 0. The van der Waals surface area contributed by atoms with E-state index < -0.39 is 0 Å². The number of benzene rings is 10. The molecule has 0 unspecified atom stereocenters. The molecular formula is C62H32N4S3. The minimum absolute atomic E-state index is 0.433. The van der Waals surface area contributed by atoms with Gasteiger partial charge in [-0.2, -0.15) is 5.26 Å². The number of rotatable bonds is 4. The summed E-state index contributed by atoms with van der Waals surface area (Å²) in [6, 6.07) is 71.7. The van der Waals surface area contributed by atoms with E-state index in [9.17, 15) is 11.8 Å². The van der Waals surface area contributed by atoms with Crippen molar-refractivity contribution in [1.29, 1.82) is 5.26 Å². The third-order valence-electron chi connectivity index (χ3n) is 14.2. The van der Waals surface area contributed by atoms with Crippen LogP contribution in [0.4, 0.5) is 5.69 Å². The van der Waals surface area contributed by atoms with Crippen molar-refractivity contribution in [2.75, 3.05) is 0 Å². The van der Waals surface area contributed by atoms with Crippen LogP contribution < -0.4 is 0 Å². The van der Waals surface area contributed by atoms with Crippen molar-refractivity contribution in [2.24, 2.45) is 0 Å². The summed E-state index contributed by atoms with van der Waals surface area (Å²) in [5.74, 6) is 0. The van der Waals surface area contributed by atoms with Gasteiger partial charge in [-0.15, -0.1) is 34.0 Å². The third kappa shape index (κ3) is 5.19. The first-order valence-electron chi connectivity index (χ1n) is 22.9. The monoisotopic (exact) mass is 928 g/mol. The Hall–Kier alpha value is -8.56. The van der Waals surface area contributed by atoms with Crippen LogP contribution in [0.5, 0.6) is 0 Å². The molecule has 5 heterocycles. The van der Waals surface area contributed by atoms with Gasteiger partial charge in [0, 0.05) is 83.8 Å². The zero-order valence-corrected chi connectivity index (χ0v) is 38.9. The molecule has 0 aliphatic heterocycles. The molecule has 10 aromatic carbocycles. The maximum atomic E-state index is 12.0. The summed E-state index contributed by atoms with van der Waals surface area (Å²) in [5.41, 5.74) is 9.68. The van der Waals surface area contributed by atoms with Gasteiger partial charge in [-0.25, -0.2) is 4.85 Å². The maximum absolute atomic E-state index is 12.0. The summed E-state index contributed by atoms with van der Waals surface area (Å²) in [5, 5.41) is 23.7. The second-order valence-electron chi connectivity index (χ2n) is 17.6. The van der Waals surface area contributed by atoms with Gasteiger partial charge in [0.05, 0.1) is 55.0 Å². The Morgan fingerprint density at radius 3 is 1.39 bits per heavy atom. The summed E-state index contributed by atoms with van der Waals surface area (Å²) < 4.78 is 12.0. The molecule has 0 fully saturated rings. The van der Waals surface area contributed by atoms with Gasteiger partial charge in [0.2, 0.25) is 5.69 Å². The van der Waals surface area contributed by atoms with Crippen LogP contribution in [0.2, 0.25) is 0 Å². The van der Waals surface area contributed by atoms with Gasteiger partial charge in [0.1, 0.15) is 6.07 Å². The lowest BCUT2D eigenvalue weighted by atomic mass is 9.88. The fourth-order valence-electron chi connectivity index (χ4n) is 11.4. The van der Waals surface area contributed by atoms with E-state index in [1.54, 1.807) is 22.7 Å². The van der Waals surface area contributed by atoms with E-state index in [1.165, 1.54) is 51.1 Å². The smallest absolute Gasteiger partial charge is 0.220 e. The SMILES string of the molecule is [C-]#[N+]c1c(-c2ccccc2)c(C#N)c(-n2c3ccccc3c3c4sc5ccccc5c4ccc32)c(-c2ccccc2)c1-n1c2c(ccc3c4ccccc4sc32)c2ccc3c4ccccc4sc3c21. The molecule has 0 spiro atoms. The number of thiophene rings is 3.